The molecule has 25 heavy (non-hydrogen) atoms. The normalized spacial score (nSPS) is 23.0. The zero-order valence-electron chi connectivity index (χ0n) is 15.2. The lowest BCUT2D eigenvalue weighted by atomic mass is 9.88. The van der Waals surface area contributed by atoms with E-state index in [1.165, 1.54) is 19.3 Å². The van der Waals surface area contributed by atoms with Gasteiger partial charge < -0.3 is 15.0 Å². The van der Waals surface area contributed by atoms with Gasteiger partial charge in [-0.1, -0.05) is 19.8 Å². The van der Waals surface area contributed by atoms with Gasteiger partial charge in [-0.2, -0.15) is 0 Å². The Hall–Kier alpha value is -1.88. The predicted octanol–water partition coefficient (Wildman–Crippen LogP) is 3.52. The van der Waals surface area contributed by atoms with Crippen molar-refractivity contribution in [1.29, 1.82) is 0 Å². The van der Waals surface area contributed by atoms with Crippen LogP contribution in [-0.2, 0) is 20.7 Å². The summed E-state index contributed by atoms with van der Waals surface area (Å²) in [6.07, 6.45) is 6.77. The summed E-state index contributed by atoms with van der Waals surface area (Å²) in [4.78, 5) is 25.7. The van der Waals surface area contributed by atoms with Crippen molar-refractivity contribution in [2.24, 2.45) is 5.92 Å². The van der Waals surface area contributed by atoms with E-state index in [1.54, 1.807) is 11.8 Å². The Kier molecular flexibility index (Phi) is 5.74. The van der Waals surface area contributed by atoms with Gasteiger partial charge in [0.15, 0.2) is 0 Å². The van der Waals surface area contributed by atoms with E-state index in [-0.39, 0.29) is 24.5 Å². The average molecular weight is 344 g/mol. The molecule has 2 amide bonds. The van der Waals surface area contributed by atoms with Gasteiger partial charge in [0, 0.05) is 24.8 Å². The minimum absolute atomic E-state index is 0.0627. The highest BCUT2D eigenvalue weighted by atomic mass is 16.5. The monoisotopic (exact) mass is 344 g/mol. The van der Waals surface area contributed by atoms with Crippen LogP contribution in [0.2, 0.25) is 0 Å². The molecule has 2 atom stereocenters. The van der Waals surface area contributed by atoms with Gasteiger partial charge in [0.25, 0.3) is 0 Å². The first-order valence-electron chi connectivity index (χ1n) is 9.37. The van der Waals surface area contributed by atoms with Gasteiger partial charge in [-0.3, -0.25) is 9.59 Å². The van der Waals surface area contributed by atoms with E-state index in [0.717, 1.165) is 42.7 Å². The van der Waals surface area contributed by atoms with Gasteiger partial charge in [0.1, 0.15) is 6.61 Å². The molecule has 0 saturated heterocycles. The van der Waals surface area contributed by atoms with Gasteiger partial charge in [-0.05, 0) is 55.4 Å². The number of hydrogen-bond donors (Lipinski definition) is 1. The fraction of sp³-hybridized carbons (Fsp3) is 0.600. The lowest BCUT2D eigenvalue weighted by molar-refractivity contribution is -0.124. The Labute approximate surface area is 149 Å². The Morgan fingerprint density at radius 2 is 2.04 bits per heavy atom. The molecule has 1 aliphatic heterocycles. The summed E-state index contributed by atoms with van der Waals surface area (Å²) in [5, 5.41) is 2.92. The molecule has 0 radical (unpaired) electrons. The van der Waals surface area contributed by atoms with Crippen LogP contribution < -0.4 is 10.2 Å². The molecule has 1 N–H and O–H groups in total. The van der Waals surface area contributed by atoms with E-state index in [2.05, 4.69) is 12.2 Å². The molecule has 1 aromatic rings. The van der Waals surface area contributed by atoms with E-state index in [4.69, 9.17) is 4.74 Å². The number of amides is 2. The van der Waals surface area contributed by atoms with E-state index < -0.39 is 0 Å². The smallest absolute Gasteiger partial charge is 0.250 e. The molecular weight excluding hydrogens is 316 g/mol. The number of anilines is 2. The molecule has 136 valence electrons. The van der Waals surface area contributed by atoms with Crippen LogP contribution in [0.1, 0.15) is 51.5 Å². The molecular formula is C20H28N2O3. The number of fused-ring (bicyclic) bond motifs is 1. The minimum Gasteiger partial charge on any atom is -0.368 e. The summed E-state index contributed by atoms with van der Waals surface area (Å²) in [6.45, 7) is 4.66. The highest BCUT2D eigenvalue weighted by molar-refractivity contribution is 5.95. The van der Waals surface area contributed by atoms with Crippen LogP contribution in [0.25, 0.3) is 0 Å². The second kappa shape index (κ2) is 8.00. The highest BCUT2D eigenvalue weighted by Gasteiger charge is 2.23. The van der Waals surface area contributed by atoms with Crippen LogP contribution in [0, 0.1) is 5.92 Å². The second-order valence-electron chi connectivity index (χ2n) is 7.28. The quantitative estimate of drug-likeness (QED) is 0.909. The summed E-state index contributed by atoms with van der Waals surface area (Å²) in [6, 6.07) is 5.77. The number of carbonyl (C=O) groups excluding carboxylic acids is 2. The molecule has 0 aromatic heterocycles. The zero-order chi connectivity index (χ0) is 17.8. The first kappa shape index (κ1) is 17.9. The van der Waals surface area contributed by atoms with Crippen LogP contribution in [-0.4, -0.2) is 31.1 Å². The lowest BCUT2D eigenvalue weighted by Gasteiger charge is -2.29. The topological polar surface area (TPSA) is 58.6 Å². The number of aryl methyl sites for hydroxylation is 1. The van der Waals surface area contributed by atoms with Crippen molar-refractivity contribution in [2.45, 2.75) is 58.5 Å². The summed E-state index contributed by atoms with van der Waals surface area (Å²) in [7, 11) is 0. The maximum Gasteiger partial charge on any atom is 0.250 e. The average Bonchev–Trinajstić information content (AvgIpc) is 2.60. The van der Waals surface area contributed by atoms with Crippen molar-refractivity contribution in [3.63, 3.8) is 0 Å². The van der Waals surface area contributed by atoms with Crippen LogP contribution in [0.15, 0.2) is 18.2 Å². The lowest BCUT2D eigenvalue weighted by Crippen LogP contribution is -2.33. The van der Waals surface area contributed by atoms with Crippen LogP contribution >= 0.6 is 0 Å². The van der Waals surface area contributed by atoms with Crippen molar-refractivity contribution in [3.05, 3.63) is 23.8 Å². The zero-order valence-corrected chi connectivity index (χ0v) is 15.2. The number of benzene rings is 1. The van der Waals surface area contributed by atoms with E-state index in [9.17, 15) is 9.59 Å². The molecule has 1 saturated carbocycles. The van der Waals surface area contributed by atoms with Crippen molar-refractivity contribution in [2.75, 3.05) is 23.4 Å². The van der Waals surface area contributed by atoms with Crippen LogP contribution in [0.5, 0.6) is 0 Å². The molecule has 3 rings (SSSR count). The van der Waals surface area contributed by atoms with Gasteiger partial charge in [0.05, 0.1) is 6.10 Å². The molecule has 0 unspecified atom stereocenters. The van der Waals surface area contributed by atoms with E-state index >= 15 is 0 Å². The fourth-order valence-electron chi connectivity index (χ4n) is 3.91. The number of hydrogen-bond acceptors (Lipinski definition) is 3. The molecule has 0 spiro atoms. The first-order chi connectivity index (χ1) is 12.0. The SMILES string of the molecule is CC(=O)N1CCCc2cc(NC(=O)CO[C@H]3CCCC[C@H]3C)ccc21. The number of nitrogens with one attached hydrogen (secondary N) is 1. The summed E-state index contributed by atoms with van der Waals surface area (Å²) >= 11 is 0. The number of rotatable bonds is 4. The molecule has 5 nitrogen and oxygen atoms in total. The van der Waals surface area contributed by atoms with Gasteiger partial charge in [-0.15, -0.1) is 0 Å². The number of ether oxygens (including phenoxy) is 1. The summed E-state index contributed by atoms with van der Waals surface area (Å²) in [5.41, 5.74) is 2.85. The van der Waals surface area contributed by atoms with Crippen molar-refractivity contribution in [3.8, 4) is 0 Å². The van der Waals surface area contributed by atoms with Crippen LogP contribution in [0.4, 0.5) is 11.4 Å². The van der Waals surface area contributed by atoms with Gasteiger partial charge in [0.2, 0.25) is 11.8 Å². The fourth-order valence-corrected chi connectivity index (χ4v) is 3.91. The minimum atomic E-state index is -0.114. The Bertz CT molecular complexity index is 644. The van der Waals surface area contributed by atoms with Gasteiger partial charge in [-0.25, -0.2) is 0 Å². The molecule has 1 aliphatic carbocycles. The summed E-state index contributed by atoms with van der Waals surface area (Å²) < 4.78 is 5.83. The molecule has 2 aliphatic rings. The Balaban J connectivity index is 1.57. The van der Waals surface area contributed by atoms with Crippen molar-refractivity contribution >= 4 is 23.2 Å². The standard InChI is InChI=1S/C20H28N2O3/c1-14-6-3-4-8-19(14)25-13-20(24)21-17-9-10-18-16(12-17)7-5-11-22(18)15(2)23/h9-10,12,14,19H,3-8,11,13H2,1-2H3,(H,21,24)/t14-,19+/m1/s1. The Morgan fingerprint density at radius 3 is 2.80 bits per heavy atom. The molecule has 5 heteroatoms. The first-order valence-corrected chi connectivity index (χ1v) is 9.37. The third-order valence-corrected chi connectivity index (χ3v) is 5.32. The molecule has 1 aromatic carbocycles. The number of carbonyl (C=O) groups is 2. The predicted molar refractivity (Wildman–Crippen MR) is 98.8 cm³/mol. The molecule has 0 bridgehead atoms. The molecule has 1 fully saturated rings. The van der Waals surface area contributed by atoms with E-state index in [1.807, 2.05) is 18.2 Å². The van der Waals surface area contributed by atoms with E-state index in [0.29, 0.717) is 5.92 Å². The largest absolute Gasteiger partial charge is 0.368 e. The summed E-state index contributed by atoms with van der Waals surface area (Å²) in [5.74, 6) is 0.479. The third kappa shape index (κ3) is 4.40. The highest BCUT2D eigenvalue weighted by Crippen LogP contribution is 2.30. The van der Waals surface area contributed by atoms with Gasteiger partial charge >= 0.3 is 0 Å². The maximum absolute atomic E-state index is 12.2. The van der Waals surface area contributed by atoms with Crippen molar-refractivity contribution in [1.82, 2.24) is 0 Å². The van der Waals surface area contributed by atoms with Crippen molar-refractivity contribution < 1.29 is 14.3 Å². The van der Waals surface area contributed by atoms with Crippen LogP contribution in [0.3, 0.4) is 0 Å². The number of nitrogens with zero attached hydrogens (tertiary/aromatic N) is 1. The maximum atomic E-state index is 12.2. The molecule has 1 heterocycles. The second-order valence-corrected chi connectivity index (χ2v) is 7.28. The Morgan fingerprint density at radius 1 is 1.24 bits per heavy atom. The third-order valence-electron chi connectivity index (χ3n) is 5.32.